The summed E-state index contributed by atoms with van der Waals surface area (Å²) in [5.41, 5.74) is 2.49. The molecule has 1 saturated heterocycles. The second kappa shape index (κ2) is 5.52. The molecule has 1 fully saturated rings. The fourth-order valence-electron chi connectivity index (χ4n) is 2.19. The summed E-state index contributed by atoms with van der Waals surface area (Å²) >= 11 is 0. The summed E-state index contributed by atoms with van der Waals surface area (Å²) in [6.45, 7) is 6.08. The third-order valence-electron chi connectivity index (χ3n) is 3.50. The van der Waals surface area contributed by atoms with Crippen LogP contribution in [0.2, 0.25) is 0 Å². The summed E-state index contributed by atoms with van der Waals surface area (Å²) in [4.78, 5) is 0. The first-order chi connectivity index (χ1) is 8.22. The van der Waals surface area contributed by atoms with Gasteiger partial charge in [0.25, 0.3) is 0 Å². The maximum Gasteiger partial charge on any atom is 0.127 e. The highest BCUT2D eigenvalue weighted by Crippen LogP contribution is 2.24. The van der Waals surface area contributed by atoms with Crippen LogP contribution in [-0.4, -0.2) is 32.4 Å². The largest absolute Gasteiger partial charge is 0.487 e. The highest BCUT2D eigenvalue weighted by Gasteiger charge is 2.26. The molecule has 2 unspecified atom stereocenters. The van der Waals surface area contributed by atoms with Crippen molar-refractivity contribution in [2.75, 3.05) is 20.2 Å². The summed E-state index contributed by atoms with van der Waals surface area (Å²) in [5, 5.41) is 3.32. The molecular formula is C14H21NO2. The number of piperidine rings is 1. The van der Waals surface area contributed by atoms with Gasteiger partial charge in [0.05, 0.1) is 0 Å². The van der Waals surface area contributed by atoms with Crippen LogP contribution in [0, 0.1) is 13.8 Å². The second-order valence-corrected chi connectivity index (χ2v) is 4.62. The molecular weight excluding hydrogens is 214 g/mol. The minimum Gasteiger partial charge on any atom is -0.487 e. The first-order valence-corrected chi connectivity index (χ1v) is 6.18. The average Bonchev–Trinajstić information content (AvgIpc) is 2.35. The fraction of sp³-hybridized carbons (Fsp3) is 0.571. The second-order valence-electron chi connectivity index (χ2n) is 4.62. The molecule has 1 aliphatic heterocycles. The molecule has 0 aliphatic carbocycles. The van der Waals surface area contributed by atoms with Crippen molar-refractivity contribution in [1.82, 2.24) is 5.32 Å². The van der Waals surface area contributed by atoms with E-state index in [0.29, 0.717) is 0 Å². The smallest absolute Gasteiger partial charge is 0.127 e. The summed E-state index contributed by atoms with van der Waals surface area (Å²) in [7, 11) is 1.75. The zero-order valence-electron chi connectivity index (χ0n) is 10.8. The number of nitrogens with one attached hydrogen (secondary N) is 1. The lowest BCUT2D eigenvalue weighted by Gasteiger charge is -2.32. The van der Waals surface area contributed by atoms with E-state index in [-0.39, 0.29) is 12.2 Å². The number of rotatable bonds is 3. The highest BCUT2D eigenvalue weighted by atomic mass is 16.5. The number of ether oxygens (including phenoxy) is 2. The van der Waals surface area contributed by atoms with E-state index < -0.39 is 0 Å². The van der Waals surface area contributed by atoms with Crippen LogP contribution in [0.5, 0.6) is 5.75 Å². The molecule has 0 bridgehead atoms. The van der Waals surface area contributed by atoms with Crippen molar-refractivity contribution in [3.8, 4) is 5.75 Å². The van der Waals surface area contributed by atoms with Gasteiger partial charge in [-0.15, -0.1) is 0 Å². The topological polar surface area (TPSA) is 30.5 Å². The number of hydrogen-bond donors (Lipinski definition) is 1. The van der Waals surface area contributed by atoms with Crippen molar-refractivity contribution in [2.45, 2.75) is 32.5 Å². The molecule has 1 heterocycles. The molecule has 2 atom stereocenters. The van der Waals surface area contributed by atoms with Crippen LogP contribution in [0.4, 0.5) is 0 Å². The standard InChI is InChI=1S/C14H21NO2/c1-10-5-4-6-12(11(10)2)17-13-7-8-15-9-14(13)16-3/h4-6,13-15H,7-9H2,1-3H3. The fourth-order valence-corrected chi connectivity index (χ4v) is 2.19. The van der Waals surface area contributed by atoms with Crippen LogP contribution in [0.3, 0.4) is 0 Å². The van der Waals surface area contributed by atoms with E-state index in [1.54, 1.807) is 7.11 Å². The summed E-state index contributed by atoms with van der Waals surface area (Å²) in [6.07, 6.45) is 1.29. The van der Waals surface area contributed by atoms with Crippen molar-refractivity contribution in [3.63, 3.8) is 0 Å². The normalized spacial score (nSPS) is 24.6. The molecule has 1 aromatic carbocycles. The van der Waals surface area contributed by atoms with Crippen LogP contribution < -0.4 is 10.1 Å². The Morgan fingerprint density at radius 1 is 1.24 bits per heavy atom. The van der Waals surface area contributed by atoms with E-state index in [4.69, 9.17) is 9.47 Å². The van der Waals surface area contributed by atoms with Gasteiger partial charge in [-0.2, -0.15) is 0 Å². The van der Waals surface area contributed by atoms with Gasteiger partial charge < -0.3 is 14.8 Å². The first-order valence-electron chi connectivity index (χ1n) is 6.18. The lowest BCUT2D eigenvalue weighted by molar-refractivity contribution is -0.0144. The van der Waals surface area contributed by atoms with Gasteiger partial charge in [0.1, 0.15) is 18.0 Å². The van der Waals surface area contributed by atoms with Gasteiger partial charge in [-0.05, 0) is 44.0 Å². The van der Waals surface area contributed by atoms with Crippen LogP contribution in [0.1, 0.15) is 17.5 Å². The van der Waals surface area contributed by atoms with Crippen molar-refractivity contribution in [1.29, 1.82) is 0 Å². The number of benzene rings is 1. The van der Waals surface area contributed by atoms with E-state index in [0.717, 1.165) is 25.3 Å². The Kier molecular flexibility index (Phi) is 4.02. The molecule has 0 spiro atoms. The van der Waals surface area contributed by atoms with Gasteiger partial charge in [0.15, 0.2) is 0 Å². The van der Waals surface area contributed by atoms with Gasteiger partial charge in [-0.1, -0.05) is 12.1 Å². The molecule has 1 N–H and O–H groups in total. The maximum absolute atomic E-state index is 6.11. The molecule has 0 amide bonds. The summed E-state index contributed by atoms with van der Waals surface area (Å²) in [6, 6.07) is 6.19. The van der Waals surface area contributed by atoms with Crippen molar-refractivity contribution < 1.29 is 9.47 Å². The third-order valence-corrected chi connectivity index (χ3v) is 3.50. The van der Waals surface area contributed by atoms with Crippen LogP contribution in [-0.2, 0) is 4.74 Å². The van der Waals surface area contributed by atoms with E-state index in [1.807, 2.05) is 12.1 Å². The SMILES string of the molecule is COC1CNCCC1Oc1cccc(C)c1C. The maximum atomic E-state index is 6.11. The molecule has 0 saturated carbocycles. The number of methoxy groups -OCH3 is 1. The third kappa shape index (κ3) is 2.79. The van der Waals surface area contributed by atoms with Gasteiger partial charge in [0, 0.05) is 13.7 Å². The monoisotopic (exact) mass is 235 g/mol. The molecule has 0 radical (unpaired) electrons. The Morgan fingerprint density at radius 2 is 2.06 bits per heavy atom. The van der Waals surface area contributed by atoms with E-state index >= 15 is 0 Å². The van der Waals surface area contributed by atoms with Gasteiger partial charge in [-0.25, -0.2) is 0 Å². The van der Waals surface area contributed by atoms with E-state index in [1.165, 1.54) is 11.1 Å². The molecule has 17 heavy (non-hydrogen) atoms. The predicted molar refractivity (Wildman–Crippen MR) is 68.6 cm³/mol. The predicted octanol–water partition coefficient (Wildman–Crippen LogP) is 2.06. The highest BCUT2D eigenvalue weighted by molar-refractivity contribution is 5.38. The Balaban J connectivity index is 2.11. The van der Waals surface area contributed by atoms with Crippen molar-refractivity contribution in [3.05, 3.63) is 29.3 Å². The van der Waals surface area contributed by atoms with Crippen molar-refractivity contribution in [2.24, 2.45) is 0 Å². The van der Waals surface area contributed by atoms with Crippen LogP contribution >= 0.6 is 0 Å². The molecule has 3 nitrogen and oxygen atoms in total. The van der Waals surface area contributed by atoms with E-state index in [9.17, 15) is 0 Å². The Labute approximate surface area is 103 Å². The number of hydrogen-bond acceptors (Lipinski definition) is 3. The first kappa shape index (κ1) is 12.4. The Bertz CT molecular complexity index is 378. The molecule has 0 aromatic heterocycles. The zero-order valence-corrected chi connectivity index (χ0v) is 10.8. The van der Waals surface area contributed by atoms with E-state index in [2.05, 4.69) is 25.2 Å². The minimum atomic E-state index is 0.142. The lowest BCUT2D eigenvalue weighted by atomic mass is 10.1. The Hall–Kier alpha value is -1.06. The molecule has 2 rings (SSSR count). The summed E-state index contributed by atoms with van der Waals surface area (Å²) < 4.78 is 11.6. The average molecular weight is 235 g/mol. The summed E-state index contributed by atoms with van der Waals surface area (Å²) in [5.74, 6) is 0.985. The van der Waals surface area contributed by atoms with Crippen LogP contribution in [0.15, 0.2) is 18.2 Å². The van der Waals surface area contributed by atoms with Gasteiger partial charge in [-0.3, -0.25) is 0 Å². The molecule has 3 heteroatoms. The zero-order chi connectivity index (χ0) is 12.3. The lowest BCUT2D eigenvalue weighted by Crippen LogP contribution is -2.47. The number of aryl methyl sites for hydroxylation is 1. The Morgan fingerprint density at radius 3 is 2.82 bits per heavy atom. The molecule has 1 aromatic rings. The minimum absolute atomic E-state index is 0.142. The quantitative estimate of drug-likeness (QED) is 0.870. The molecule has 1 aliphatic rings. The van der Waals surface area contributed by atoms with Crippen LogP contribution in [0.25, 0.3) is 0 Å². The van der Waals surface area contributed by atoms with Gasteiger partial charge in [0.2, 0.25) is 0 Å². The van der Waals surface area contributed by atoms with Crippen molar-refractivity contribution >= 4 is 0 Å². The van der Waals surface area contributed by atoms with Gasteiger partial charge >= 0.3 is 0 Å². The molecule has 94 valence electrons.